The lowest BCUT2D eigenvalue weighted by Gasteiger charge is -2.16. The summed E-state index contributed by atoms with van der Waals surface area (Å²) < 4.78 is 5.31. The average molecular weight is 394 g/mol. The Morgan fingerprint density at radius 3 is 2.80 bits per heavy atom. The standard InChI is InChI=1S/C25H22N4O/c1-16-21-11-12-27-24(21)10-9-23(16)29-25-19(14-26)15-28-17(2)22(25)8-7-18-5-4-6-20(13-18)30-3/h4-13,15,27H,1-3H3,(H,28,29). The number of aryl methyl sites for hydroxylation is 2. The van der Waals surface area contributed by atoms with Gasteiger partial charge < -0.3 is 15.0 Å². The quantitative estimate of drug-likeness (QED) is 0.437. The van der Waals surface area contributed by atoms with E-state index in [0.29, 0.717) is 5.56 Å². The molecule has 0 aliphatic heterocycles. The SMILES string of the molecule is COc1cccc(C=Cc2c(C)ncc(C#N)c2Nc2ccc3[nH]ccc3c2C)c1. The van der Waals surface area contributed by atoms with E-state index in [2.05, 4.69) is 34.3 Å². The number of pyridine rings is 1. The smallest absolute Gasteiger partial charge is 0.119 e. The Kier molecular flexibility index (Phi) is 5.23. The van der Waals surface area contributed by atoms with Crippen LogP contribution in [-0.2, 0) is 0 Å². The van der Waals surface area contributed by atoms with E-state index in [1.807, 2.05) is 61.7 Å². The van der Waals surface area contributed by atoms with Gasteiger partial charge in [-0.2, -0.15) is 5.26 Å². The molecular formula is C25H22N4O. The van der Waals surface area contributed by atoms with Crippen LogP contribution in [0.15, 0.2) is 54.9 Å². The molecule has 0 unspecified atom stereocenters. The summed E-state index contributed by atoms with van der Waals surface area (Å²) in [5.74, 6) is 0.798. The second kappa shape index (κ2) is 8.14. The van der Waals surface area contributed by atoms with Crippen molar-refractivity contribution in [2.45, 2.75) is 13.8 Å². The molecule has 0 aliphatic rings. The van der Waals surface area contributed by atoms with Crippen molar-refractivity contribution in [1.29, 1.82) is 5.26 Å². The van der Waals surface area contributed by atoms with Gasteiger partial charge in [0.15, 0.2) is 0 Å². The first-order valence-corrected chi connectivity index (χ1v) is 9.66. The molecule has 2 aromatic heterocycles. The lowest BCUT2D eigenvalue weighted by molar-refractivity contribution is 0.414. The number of rotatable bonds is 5. The summed E-state index contributed by atoms with van der Waals surface area (Å²) in [7, 11) is 1.65. The number of aromatic amines is 1. The fraction of sp³-hybridized carbons (Fsp3) is 0.120. The Balaban J connectivity index is 1.78. The number of nitriles is 1. The Morgan fingerprint density at radius 2 is 2.00 bits per heavy atom. The first kappa shape index (κ1) is 19.3. The van der Waals surface area contributed by atoms with Gasteiger partial charge in [-0.1, -0.05) is 24.3 Å². The molecule has 0 radical (unpaired) electrons. The van der Waals surface area contributed by atoms with Crippen molar-refractivity contribution in [1.82, 2.24) is 9.97 Å². The fourth-order valence-electron chi connectivity index (χ4n) is 3.52. The maximum atomic E-state index is 9.70. The highest BCUT2D eigenvalue weighted by Gasteiger charge is 2.13. The van der Waals surface area contributed by atoms with Crippen LogP contribution in [0.3, 0.4) is 0 Å². The van der Waals surface area contributed by atoms with Crippen molar-refractivity contribution in [2.24, 2.45) is 0 Å². The number of ether oxygens (including phenoxy) is 1. The van der Waals surface area contributed by atoms with E-state index in [0.717, 1.165) is 50.4 Å². The van der Waals surface area contributed by atoms with Crippen molar-refractivity contribution in [3.63, 3.8) is 0 Å². The first-order valence-electron chi connectivity index (χ1n) is 9.66. The van der Waals surface area contributed by atoms with Gasteiger partial charge in [0.05, 0.1) is 18.4 Å². The maximum Gasteiger partial charge on any atom is 0.119 e. The summed E-state index contributed by atoms with van der Waals surface area (Å²) in [6.07, 6.45) is 7.54. The van der Waals surface area contributed by atoms with Crippen LogP contribution >= 0.6 is 0 Å². The zero-order valence-electron chi connectivity index (χ0n) is 17.2. The minimum absolute atomic E-state index is 0.499. The number of hydrogen-bond acceptors (Lipinski definition) is 4. The van der Waals surface area contributed by atoms with Crippen LogP contribution in [0.4, 0.5) is 11.4 Å². The third kappa shape index (κ3) is 3.63. The Labute approximate surface area is 175 Å². The molecule has 0 atom stereocenters. The Morgan fingerprint density at radius 1 is 1.13 bits per heavy atom. The highest BCUT2D eigenvalue weighted by atomic mass is 16.5. The molecule has 30 heavy (non-hydrogen) atoms. The minimum atomic E-state index is 0.499. The average Bonchev–Trinajstić information content (AvgIpc) is 3.25. The van der Waals surface area contributed by atoms with Gasteiger partial charge >= 0.3 is 0 Å². The van der Waals surface area contributed by atoms with E-state index >= 15 is 0 Å². The lowest BCUT2D eigenvalue weighted by Crippen LogP contribution is -2.02. The van der Waals surface area contributed by atoms with Crippen LogP contribution < -0.4 is 10.1 Å². The van der Waals surface area contributed by atoms with Gasteiger partial charge in [0, 0.05) is 40.2 Å². The monoisotopic (exact) mass is 394 g/mol. The van der Waals surface area contributed by atoms with Crippen molar-refractivity contribution < 1.29 is 4.74 Å². The van der Waals surface area contributed by atoms with Crippen molar-refractivity contribution in [3.8, 4) is 11.8 Å². The van der Waals surface area contributed by atoms with Crippen molar-refractivity contribution in [2.75, 3.05) is 12.4 Å². The molecule has 0 bridgehead atoms. The molecular weight excluding hydrogens is 372 g/mol. The summed E-state index contributed by atoms with van der Waals surface area (Å²) in [6, 6.07) is 16.2. The number of H-pyrrole nitrogens is 1. The van der Waals surface area contributed by atoms with E-state index in [-0.39, 0.29) is 0 Å². The third-order valence-electron chi connectivity index (χ3n) is 5.24. The highest BCUT2D eigenvalue weighted by molar-refractivity contribution is 5.90. The number of nitrogens with zero attached hydrogens (tertiary/aromatic N) is 2. The number of methoxy groups -OCH3 is 1. The number of hydrogen-bond donors (Lipinski definition) is 2. The second-order valence-corrected chi connectivity index (χ2v) is 7.07. The van der Waals surface area contributed by atoms with Gasteiger partial charge in [0.2, 0.25) is 0 Å². The van der Waals surface area contributed by atoms with Gasteiger partial charge in [0.25, 0.3) is 0 Å². The van der Waals surface area contributed by atoms with Gasteiger partial charge in [-0.15, -0.1) is 0 Å². The van der Waals surface area contributed by atoms with Crippen LogP contribution in [0.2, 0.25) is 0 Å². The minimum Gasteiger partial charge on any atom is -0.497 e. The molecule has 0 amide bonds. The summed E-state index contributed by atoms with van der Waals surface area (Å²) in [5, 5.41) is 14.3. The lowest BCUT2D eigenvalue weighted by atomic mass is 10.0. The van der Waals surface area contributed by atoms with E-state index < -0.39 is 0 Å². The van der Waals surface area contributed by atoms with Crippen LogP contribution in [0, 0.1) is 25.2 Å². The molecule has 2 aromatic carbocycles. The number of benzene rings is 2. The van der Waals surface area contributed by atoms with Crippen LogP contribution in [0.25, 0.3) is 23.1 Å². The highest BCUT2D eigenvalue weighted by Crippen LogP contribution is 2.32. The van der Waals surface area contributed by atoms with E-state index in [9.17, 15) is 5.26 Å². The largest absolute Gasteiger partial charge is 0.497 e. The predicted octanol–water partition coefficient (Wildman–Crippen LogP) is 5.97. The number of aromatic nitrogens is 2. The van der Waals surface area contributed by atoms with Crippen LogP contribution in [0.1, 0.15) is 27.9 Å². The molecule has 0 saturated heterocycles. The molecule has 0 saturated carbocycles. The molecule has 4 aromatic rings. The summed E-state index contributed by atoms with van der Waals surface area (Å²) in [5.41, 5.74) is 7.15. The van der Waals surface area contributed by atoms with Gasteiger partial charge in [-0.25, -0.2) is 0 Å². The zero-order valence-corrected chi connectivity index (χ0v) is 17.2. The number of fused-ring (bicyclic) bond motifs is 1. The van der Waals surface area contributed by atoms with E-state index in [1.54, 1.807) is 13.3 Å². The topological polar surface area (TPSA) is 73.7 Å². The summed E-state index contributed by atoms with van der Waals surface area (Å²) in [4.78, 5) is 7.65. The first-order chi connectivity index (χ1) is 14.6. The third-order valence-corrected chi connectivity index (χ3v) is 5.24. The molecule has 2 heterocycles. The van der Waals surface area contributed by atoms with Crippen LogP contribution in [0.5, 0.6) is 5.75 Å². The molecule has 2 N–H and O–H groups in total. The van der Waals surface area contributed by atoms with Crippen molar-refractivity contribution in [3.05, 3.63) is 82.8 Å². The predicted molar refractivity (Wildman–Crippen MR) is 122 cm³/mol. The van der Waals surface area contributed by atoms with Crippen LogP contribution in [-0.4, -0.2) is 17.1 Å². The normalized spacial score (nSPS) is 11.0. The molecule has 0 fully saturated rings. The molecule has 148 valence electrons. The number of nitrogens with one attached hydrogen (secondary N) is 2. The van der Waals surface area contributed by atoms with Crippen molar-refractivity contribution >= 4 is 34.4 Å². The Hall–Kier alpha value is -4.04. The van der Waals surface area contributed by atoms with Gasteiger partial charge in [0.1, 0.15) is 11.8 Å². The second-order valence-electron chi connectivity index (χ2n) is 7.07. The van der Waals surface area contributed by atoms with Gasteiger partial charge in [-0.3, -0.25) is 4.98 Å². The molecule has 5 heteroatoms. The van der Waals surface area contributed by atoms with Gasteiger partial charge in [-0.05, 0) is 55.3 Å². The summed E-state index contributed by atoms with van der Waals surface area (Å²) in [6.45, 7) is 4.02. The van der Waals surface area contributed by atoms with E-state index in [4.69, 9.17) is 4.74 Å². The Bertz CT molecular complexity index is 1290. The maximum absolute atomic E-state index is 9.70. The zero-order chi connectivity index (χ0) is 21.1. The molecule has 5 nitrogen and oxygen atoms in total. The fourth-order valence-corrected chi connectivity index (χ4v) is 3.52. The molecule has 0 spiro atoms. The van der Waals surface area contributed by atoms with E-state index in [1.165, 1.54) is 0 Å². The summed E-state index contributed by atoms with van der Waals surface area (Å²) >= 11 is 0. The molecule has 0 aliphatic carbocycles. The molecule has 4 rings (SSSR count). The number of anilines is 2.